The van der Waals surface area contributed by atoms with Gasteiger partial charge in [0.05, 0.1) is 26.4 Å². The van der Waals surface area contributed by atoms with Crippen molar-refractivity contribution in [2.24, 2.45) is 0 Å². The first-order valence-corrected chi connectivity index (χ1v) is 14.1. The van der Waals surface area contributed by atoms with Gasteiger partial charge in [-0.15, -0.1) is 0 Å². The Morgan fingerprint density at radius 3 is 1.42 bits per heavy atom. The highest BCUT2D eigenvalue weighted by Crippen LogP contribution is 2.36. The molecular formula is C24H42O21. The van der Waals surface area contributed by atoms with Gasteiger partial charge in [0.15, 0.2) is 25.2 Å². The Labute approximate surface area is 254 Å². The second kappa shape index (κ2) is 15.6. The van der Waals surface area contributed by atoms with Crippen LogP contribution in [0.3, 0.4) is 0 Å². The molecule has 264 valence electrons. The third-order valence-electron chi connectivity index (χ3n) is 8.16. The average Bonchev–Trinajstić information content (AvgIpc) is 3.49. The van der Waals surface area contributed by atoms with Crippen LogP contribution >= 0.6 is 0 Å². The summed E-state index contributed by atoms with van der Waals surface area (Å²) in [5, 5.41) is 142. The topological polar surface area (TPSA) is 348 Å². The van der Waals surface area contributed by atoms with Gasteiger partial charge >= 0.3 is 0 Å². The van der Waals surface area contributed by atoms with E-state index >= 15 is 0 Å². The fourth-order valence-corrected chi connectivity index (χ4v) is 5.57. The molecule has 14 N–H and O–H groups in total. The van der Waals surface area contributed by atoms with Gasteiger partial charge in [-0.3, -0.25) is 0 Å². The van der Waals surface area contributed by atoms with Crippen molar-refractivity contribution in [3.05, 3.63) is 0 Å². The Bertz CT molecular complexity index is 918. The van der Waals surface area contributed by atoms with E-state index in [0.29, 0.717) is 0 Å². The van der Waals surface area contributed by atoms with Crippen molar-refractivity contribution in [2.45, 2.75) is 123 Å². The van der Waals surface area contributed by atoms with Crippen molar-refractivity contribution in [1.82, 2.24) is 0 Å². The van der Waals surface area contributed by atoms with Gasteiger partial charge in [0.25, 0.3) is 0 Å². The Hall–Kier alpha value is -0.840. The summed E-state index contributed by atoms with van der Waals surface area (Å²) in [5.74, 6) is 0. The molecule has 0 aromatic heterocycles. The number of aliphatic hydroxyl groups excluding tert-OH is 14. The van der Waals surface area contributed by atoms with Crippen molar-refractivity contribution < 1.29 is 105 Å². The third kappa shape index (κ3) is 7.44. The highest BCUT2D eigenvalue weighted by Gasteiger charge is 2.56. The number of rotatable bonds is 12. The average molecular weight is 667 g/mol. The number of hydrogen-bond donors (Lipinski definition) is 14. The Morgan fingerprint density at radius 1 is 0.444 bits per heavy atom. The SMILES string of the molecule is OC[C@@H](O)[C@@H]1O[C@@H](O[C@H]2[C@@H](O)[C@@H](CO)O[C@H](O[C@@H]3[C@@H](O)[C@H](O[C@@H]4[C@@H](O)[C@H](O)O[C@H](CO)[C@@H]4O)O[C@H]3[C@H](O)CO)[C@@H]2O)[C@H](O)[C@H]1O. The van der Waals surface area contributed by atoms with E-state index < -0.39 is 149 Å². The fraction of sp³-hybridized carbons (Fsp3) is 1.00. The van der Waals surface area contributed by atoms with Crippen LogP contribution in [-0.4, -0.2) is 221 Å². The van der Waals surface area contributed by atoms with Gasteiger partial charge in [-0.05, 0) is 0 Å². The quantitative estimate of drug-likeness (QED) is 0.0919. The Morgan fingerprint density at radius 2 is 0.867 bits per heavy atom. The summed E-state index contributed by atoms with van der Waals surface area (Å²) >= 11 is 0. The zero-order valence-corrected chi connectivity index (χ0v) is 23.5. The summed E-state index contributed by atoms with van der Waals surface area (Å²) in [6.45, 7) is -3.48. The molecule has 0 aromatic rings. The predicted molar refractivity (Wildman–Crippen MR) is 134 cm³/mol. The molecule has 0 aliphatic carbocycles. The maximum atomic E-state index is 11.1. The van der Waals surface area contributed by atoms with Crippen LogP contribution in [0.25, 0.3) is 0 Å². The Balaban J connectivity index is 1.51. The lowest BCUT2D eigenvalue weighted by Gasteiger charge is -2.44. The van der Waals surface area contributed by atoms with Crippen LogP contribution in [0.5, 0.6) is 0 Å². The Kier molecular flexibility index (Phi) is 12.8. The van der Waals surface area contributed by atoms with Crippen molar-refractivity contribution in [1.29, 1.82) is 0 Å². The van der Waals surface area contributed by atoms with Crippen molar-refractivity contribution in [3.8, 4) is 0 Å². The molecule has 0 saturated carbocycles. The van der Waals surface area contributed by atoms with Crippen LogP contribution in [0.15, 0.2) is 0 Å². The second-order valence-corrected chi connectivity index (χ2v) is 11.1. The molecule has 0 radical (unpaired) electrons. The lowest BCUT2D eigenvalue weighted by atomic mass is 9.98. The molecule has 45 heavy (non-hydrogen) atoms. The van der Waals surface area contributed by atoms with E-state index in [1.807, 2.05) is 0 Å². The molecule has 4 rings (SSSR count). The first-order valence-electron chi connectivity index (χ1n) is 14.1. The molecule has 4 heterocycles. The molecule has 0 unspecified atom stereocenters. The van der Waals surface area contributed by atoms with E-state index in [0.717, 1.165) is 0 Å². The van der Waals surface area contributed by atoms with Gasteiger partial charge in [-0.1, -0.05) is 0 Å². The maximum Gasteiger partial charge on any atom is 0.187 e. The lowest BCUT2D eigenvalue weighted by Crippen LogP contribution is -2.62. The number of hydrogen-bond acceptors (Lipinski definition) is 21. The van der Waals surface area contributed by atoms with Gasteiger partial charge in [0.1, 0.15) is 97.7 Å². The highest BCUT2D eigenvalue weighted by atomic mass is 16.8. The van der Waals surface area contributed by atoms with Crippen LogP contribution < -0.4 is 0 Å². The number of aliphatic hydroxyl groups is 14. The van der Waals surface area contributed by atoms with Gasteiger partial charge < -0.3 is 105 Å². The molecular weight excluding hydrogens is 624 g/mol. The zero-order valence-electron chi connectivity index (χ0n) is 23.5. The van der Waals surface area contributed by atoms with Gasteiger partial charge in [-0.2, -0.15) is 0 Å². The summed E-state index contributed by atoms with van der Waals surface area (Å²) in [6.07, 6.45) is -35.2. The summed E-state index contributed by atoms with van der Waals surface area (Å²) in [4.78, 5) is 0. The van der Waals surface area contributed by atoms with Crippen LogP contribution in [0.1, 0.15) is 0 Å². The summed E-state index contributed by atoms with van der Waals surface area (Å²) < 4.78 is 37.7. The van der Waals surface area contributed by atoms with Gasteiger partial charge in [-0.25, -0.2) is 0 Å². The van der Waals surface area contributed by atoms with Crippen LogP contribution in [-0.2, 0) is 33.2 Å². The van der Waals surface area contributed by atoms with Crippen molar-refractivity contribution in [2.75, 3.05) is 26.4 Å². The molecule has 21 nitrogen and oxygen atoms in total. The minimum absolute atomic E-state index is 0.793. The van der Waals surface area contributed by atoms with Crippen molar-refractivity contribution in [3.63, 3.8) is 0 Å². The van der Waals surface area contributed by atoms with E-state index in [-0.39, 0.29) is 0 Å². The van der Waals surface area contributed by atoms with Crippen molar-refractivity contribution >= 4 is 0 Å². The van der Waals surface area contributed by atoms with Crippen LogP contribution in [0.2, 0.25) is 0 Å². The zero-order chi connectivity index (χ0) is 33.3. The predicted octanol–water partition coefficient (Wildman–Crippen LogP) is -9.75. The molecule has 0 amide bonds. The van der Waals surface area contributed by atoms with Gasteiger partial charge in [0.2, 0.25) is 0 Å². The van der Waals surface area contributed by atoms with E-state index in [4.69, 9.17) is 38.3 Å². The fourth-order valence-electron chi connectivity index (χ4n) is 5.57. The first-order chi connectivity index (χ1) is 21.3. The molecule has 21 heteroatoms. The largest absolute Gasteiger partial charge is 0.394 e. The summed E-state index contributed by atoms with van der Waals surface area (Å²) in [7, 11) is 0. The minimum atomic E-state index is -2.02. The lowest BCUT2D eigenvalue weighted by molar-refractivity contribution is -0.343. The molecule has 4 aliphatic rings. The molecule has 20 atom stereocenters. The smallest absolute Gasteiger partial charge is 0.187 e. The maximum absolute atomic E-state index is 11.1. The minimum Gasteiger partial charge on any atom is -0.394 e. The standard InChI is InChI=1S/C24H42O21/c25-1-5(29)16-11(33)12(34)22(41-16)44-19-10(32)8(4-28)40-23(14(19)36)45-20-15(37)24(42-17(20)6(30)2-26)43-18-9(31)7(3-27)39-21(38)13(18)35/h5-38H,1-4H2/t5-,6-,7-,8-,9+,10+,11-,12-,13-,14-,15-,16+,17+,18+,19+,20-,21-,22+,23-,24+/m1/s1. The molecule has 4 fully saturated rings. The van der Waals surface area contributed by atoms with Gasteiger partial charge in [0, 0.05) is 0 Å². The summed E-state index contributed by atoms with van der Waals surface area (Å²) in [6, 6.07) is 0. The molecule has 4 aliphatic heterocycles. The van der Waals surface area contributed by atoms with E-state index in [1.54, 1.807) is 0 Å². The number of ether oxygens (including phenoxy) is 7. The molecule has 0 bridgehead atoms. The molecule has 4 saturated heterocycles. The second-order valence-electron chi connectivity index (χ2n) is 11.1. The first kappa shape index (κ1) is 37.0. The van der Waals surface area contributed by atoms with Crippen LogP contribution in [0, 0.1) is 0 Å². The summed E-state index contributed by atoms with van der Waals surface area (Å²) in [5.41, 5.74) is 0. The highest BCUT2D eigenvalue weighted by molar-refractivity contribution is 4.99. The van der Waals surface area contributed by atoms with E-state index in [2.05, 4.69) is 0 Å². The monoisotopic (exact) mass is 666 g/mol. The normalized spacial score (nSPS) is 50.5. The van der Waals surface area contributed by atoms with E-state index in [1.165, 1.54) is 0 Å². The van der Waals surface area contributed by atoms with Crippen LogP contribution in [0.4, 0.5) is 0 Å². The molecule has 0 aromatic carbocycles. The third-order valence-corrected chi connectivity index (χ3v) is 8.16. The van der Waals surface area contributed by atoms with E-state index in [9.17, 15) is 66.4 Å². The molecule has 0 spiro atoms.